The molecule has 2 aromatic heterocycles. The summed E-state index contributed by atoms with van der Waals surface area (Å²) in [7, 11) is 1.53. The van der Waals surface area contributed by atoms with E-state index >= 15 is 0 Å². The summed E-state index contributed by atoms with van der Waals surface area (Å²) in [4.78, 5) is 12.9. The lowest BCUT2D eigenvalue weighted by Gasteiger charge is -2.08. The number of methoxy groups -OCH3 is 1. The number of hydrogen-bond donors (Lipinski definition) is 1. The van der Waals surface area contributed by atoms with Gasteiger partial charge in [0.25, 0.3) is 0 Å². The van der Waals surface area contributed by atoms with E-state index in [1.807, 2.05) is 17.5 Å². The van der Waals surface area contributed by atoms with Gasteiger partial charge in [-0.05, 0) is 29.6 Å². The van der Waals surface area contributed by atoms with Gasteiger partial charge in [0.1, 0.15) is 18.1 Å². The van der Waals surface area contributed by atoms with Crippen LogP contribution in [0.4, 0.5) is 5.69 Å². The Morgan fingerprint density at radius 1 is 1.36 bits per heavy atom. The molecule has 3 rings (SSSR count). The third-order valence-corrected chi connectivity index (χ3v) is 4.42. The Labute approximate surface area is 153 Å². The molecule has 6 nitrogen and oxygen atoms in total. The van der Waals surface area contributed by atoms with Gasteiger partial charge in [-0.25, -0.2) is 0 Å². The van der Waals surface area contributed by atoms with Crippen molar-refractivity contribution in [3.8, 4) is 16.4 Å². The number of benzene rings is 1. The summed E-state index contributed by atoms with van der Waals surface area (Å²) in [5.41, 5.74) is 1.20. The second-order valence-electron chi connectivity index (χ2n) is 5.05. The lowest BCUT2D eigenvalue weighted by Crippen LogP contribution is -2.18. The predicted molar refractivity (Wildman–Crippen MR) is 96.1 cm³/mol. The van der Waals surface area contributed by atoms with Crippen LogP contribution in [0.5, 0.6) is 5.75 Å². The number of aromatic nitrogens is 1. The molecule has 0 fully saturated rings. The number of halogens is 1. The highest BCUT2D eigenvalue weighted by Gasteiger charge is 2.09. The van der Waals surface area contributed by atoms with Crippen LogP contribution in [0.1, 0.15) is 5.69 Å². The van der Waals surface area contributed by atoms with Crippen LogP contribution < -0.4 is 10.1 Å². The molecule has 0 bridgehead atoms. The lowest BCUT2D eigenvalue weighted by atomic mass is 10.3. The van der Waals surface area contributed by atoms with Crippen LogP contribution in [-0.4, -0.2) is 24.8 Å². The normalized spacial score (nSPS) is 10.6. The molecule has 0 unspecified atom stereocenters. The summed E-state index contributed by atoms with van der Waals surface area (Å²) in [6.07, 6.45) is 0. The Balaban J connectivity index is 1.47. The second kappa shape index (κ2) is 8.15. The molecule has 3 aromatic rings. The van der Waals surface area contributed by atoms with Gasteiger partial charge in [0.05, 0.1) is 23.6 Å². The minimum Gasteiger partial charge on any atom is -0.495 e. The maximum atomic E-state index is 11.9. The number of ether oxygens (including phenoxy) is 2. The van der Waals surface area contributed by atoms with Crippen molar-refractivity contribution in [1.82, 2.24) is 5.16 Å². The van der Waals surface area contributed by atoms with E-state index in [4.69, 9.17) is 25.6 Å². The van der Waals surface area contributed by atoms with Gasteiger partial charge in [-0.1, -0.05) is 22.8 Å². The largest absolute Gasteiger partial charge is 0.495 e. The van der Waals surface area contributed by atoms with Crippen molar-refractivity contribution < 1.29 is 18.8 Å². The topological polar surface area (TPSA) is 73.6 Å². The molecular weight excluding hydrogens is 364 g/mol. The van der Waals surface area contributed by atoms with Crippen LogP contribution in [0, 0.1) is 0 Å². The van der Waals surface area contributed by atoms with Crippen molar-refractivity contribution in [2.75, 3.05) is 19.0 Å². The molecule has 0 aliphatic rings. The van der Waals surface area contributed by atoms with Gasteiger partial charge in [-0.2, -0.15) is 0 Å². The zero-order chi connectivity index (χ0) is 17.6. The number of rotatable bonds is 7. The van der Waals surface area contributed by atoms with E-state index < -0.39 is 0 Å². The molecule has 0 spiro atoms. The molecule has 1 amide bonds. The first kappa shape index (κ1) is 17.5. The average Bonchev–Trinajstić information content (AvgIpc) is 3.26. The Morgan fingerprint density at radius 3 is 2.96 bits per heavy atom. The number of nitrogens with zero attached hydrogens (tertiary/aromatic N) is 1. The molecule has 0 aliphatic heterocycles. The van der Waals surface area contributed by atoms with Gasteiger partial charge in [-0.15, -0.1) is 11.3 Å². The van der Waals surface area contributed by atoms with E-state index in [1.54, 1.807) is 35.6 Å². The molecule has 0 atom stereocenters. The monoisotopic (exact) mass is 378 g/mol. The van der Waals surface area contributed by atoms with Crippen molar-refractivity contribution in [1.29, 1.82) is 0 Å². The number of anilines is 1. The minimum absolute atomic E-state index is 0.106. The summed E-state index contributed by atoms with van der Waals surface area (Å²) >= 11 is 7.58. The summed E-state index contributed by atoms with van der Waals surface area (Å²) in [6.45, 7) is 0.0799. The van der Waals surface area contributed by atoms with Crippen LogP contribution in [0.3, 0.4) is 0 Å². The van der Waals surface area contributed by atoms with E-state index in [0.717, 1.165) is 4.88 Å². The predicted octanol–water partition coefficient (Wildman–Crippen LogP) is 4.22. The maximum Gasteiger partial charge on any atom is 0.250 e. The lowest BCUT2D eigenvalue weighted by molar-refractivity contribution is -0.121. The van der Waals surface area contributed by atoms with Crippen LogP contribution in [0.25, 0.3) is 10.6 Å². The Morgan fingerprint density at radius 2 is 2.24 bits per heavy atom. The molecule has 0 saturated heterocycles. The Kier molecular flexibility index (Phi) is 5.70. The first-order valence-corrected chi connectivity index (χ1v) is 8.62. The number of hydrogen-bond acceptors (Lipinski definition) is 6. The first-order chi connectivity index (χ1) is 12.2. The number of carbonyl (C=O) groups is 1. The average molecular weight is 379 g/mol. The van der Waals surface area contributed by atoms with Gasteiger partial charge >= 0.3 is 0 Å². The van der Waals surface area contributed by atoms with Gasteiger partial charge in [0.15, 0.2) is 5.76 Å². The van der Waals surface area contributed by atoms with E-state index in [9.17, 15) is 4.79 Å². The van der Waals surface area contributed by atoms with Crippen LogP contribution in [-0.2, 0) is 16.1 Å². The van der Waals surface area contributed by atoms with Crippen molar-refractivity contribution in [2.24, 2.45) is 0 Å². The smallest absolute Gasteiger partial charge is 0.250 e. The number of carbonyl (C=O) groups excluding carboxylic acids is 1. The molecular formula is C17H15ClN2O4S. The van der Waals surface area contributed by atoms with E-state index in [0.29, 0.717) is 27.9 Å². The van der Waals surface area contributed by atoms with Crippen LogP contribution in [0.2, 0.25) is 5.02 Å². The summed E-state index contributed by atoms with van der Waals surface area (Å²) in [6, 6.07) is 10.7. The number of thiophene rings is 1. The van der Waals surface area contributed by atoms with Crippen LogP contribution in [0.15, 0.2) is 46.3 Å². The number of amides is 1. The van der Waals surface area contributed by atoms with E-state index in [-0.39, 0.29) is 19.1 Å². The summed E-state index contributed by atoms with van der Waals surface area (Å²) < 4.78 is 15.7. The summed E-state index contributed by atoms with van der Waals surface area (Å²) in [5, 5.41) is 9.01. The van der Waals surface area contributed by atoms with E-state index in [2.05, 4.69) is 10.5 Å². The molecule has 25 heavy (non-hydrogen) atoms. The highest BCUT2D eigenvalue weighted by molar-refractivity contribution is 7.13. The van der Waals surface area contributed by atoms with Gasteiger partial charge in [-0.3, -0.25) is 4.79 Å². The third-order valence-electron chi connectivity index (χ3n) is 3.24. The highest BCUT2D eigenvalue weighted by Crippen LogP contribution is 2.27. The van der Waals surface area contributed by atoms with Crippen molar-refractivity contribution in [2.45, 2.75) is 6.61 Å². The zero-order valence-corrected chi connectivity index (χ0v) is 14.9. The molecule has 1 N–H and O–H groups in total. The number of nitrogens with one attached hydrogen (secondary N) is 1. The highest BCUT2D eigenvalue weighted by atomic mass is 35.5. The molecule has 2 heterocycles. The standard InChI is InChI=1S/C17H15ClN2O4S/c1-22-14-5-4-11(7-13(14)18)19-17(21)10-23-9-12-8-15(24-20-12)16-3-2-6-25-16/h2-8H,9-10H2,1H3,(H,19,21). The van der Waals surface area contributed by atoms with Gasteiger partial charge in [0.2, 0.25) is 5.91 Å². The van der Waals surface area contributed by atoms with E-state index in [1.165, 1.54) is 7.11 Å². The maximum absolute atomic E-state index is 11.9. The fraction of sp³-hybridized carbons (Fsp3) is 0.176. The third kappa shape index (κ3) is 4.60. The fourth-order valence-electron chi connectivity index (χ4n) is 2.10. The first-order valence-electron chi connectivity index (χ1n) is 7.36. The molecule has 0 radical (unpaired) electrons. The Hall–Kier alpha value is -2.35. The molecule has 8 heteroatoms. The SMILES string of the molecule is COc1ccc(NC(=O)COCc2cc(-c3cccs3)on2)cc1Cl. The molecule has 0 saturated carbocycles. The minimum atomic E-state index is -0.289. The molecule has 0 aliphatic carbocycles. The zero-order valence-electron chi connectivity index (χ0n) is 13.3. The fourth-order valence-corrected chi connectivity index (χ4v) is 3.04. The quantitative estimate of drug-likeness (QED) is 0.666. The van der Waals surface area contributed by atoms with Crippen molar-refractivity contribution >= 4 is 34.5 Å². The van der Waals surface area contributed by atoms with Crippen LogP contribution >= 0.6 is 22.9 Å². The van der Waals surface area contributed by atoms with Crippen molar-refractivity contribution in [3.05, 3.63) is 52.5 Å². The van der Waals surface area contributed by atoms with Gasteiger partial charge in [0, 0.05) is 11.8 Å². The van der Waals surface area contributed by atoms with Gasteiger partial charge < -0.3 is 19.3 Å². The second-order valence-corrected chi connectivity index (χ2v) is 6.40. The summed E-state index contributed by atoms with van der Waals surface area (Å²) in [5.74, 6) is 0.942. The molecule has 130 valence electrons. The van der Waals surface area contributed by atoms with Crippen molar-refractivity contribution in [3.63, 3.8) is 0 Å². The molecule has 1 aromatic carbocycles. The Bertz CT molecular complexity index is 848.